The molecule has 0 spiro atoms. The number of rotatable bonds is 5. The third kappa shape index (κ3) is 3.10. The Kier molecular flexibility index (Phi) is 4.08. The summed E-state index contributed by atoms with van der Waals surface area (Å²) in [5.41, 5.74) is -0.736. The zero-order valence-corrected chi connectivity index (χ0v) is 7.01. The molecule has 0 aromatic carbocycles. The van der Waals surface area contributed by atoms with Crippen LogP contribution in [0.2, 0.25) is 0 Å². The lowest BCUT2D eigenvalue weighted by Crippen LogP contribution is -2.20. The van der Waals surface area contributed by atoms with Gasteiger partial charge >= 0.3 is 17.9 Å². The van der Waals surface area contributed by atoms with Crippen LogP contribution in [0.1, 0.15) is 0 Å². The monoisotopic (exact) mass is 200 g/mol. The Balaban J connectivity index is 5.18. The van der Waals surface area contributed by atoms with E-state index in [1.54, 1.807) is 0 Å². The zero-order valence-electron chi connectivity index (χ0n) is 7.01. The fraction of sp³-hybridized carbons (Fsp3) is 0.125. The van der Waals surface area contributed by atoms with Crippen LogP contribution in [0.3, 0.4) is 0 Å². The summed E-state index contributed by atoms with van der Waals surface area (Å²) in [6.07, 6.45) is 1.19. The molecule has 0 radical (unpaired) electrons. The topological polar surface area (TPSA) is 112 Å². The molecule has 0 aliphatic rings. The van der Waals surface area contributed by atoms with E-state index in [4.69, 9.17) is 15.3 Å². The molecule has 0 aromatic heterocycles. The van der Waals surface area contributed by atoms with Gasteiger partial charge in [-0.25, -0.2) is 9.59 Å². The Labute approximate surface area is 78.8 Å². The van der Waals surface area contributed by atoms with Gasteiger partial charge in [-0.1, -0.05) is 6.08 Å². The molecule has 0 saturated carbocycles. The summed E-state index contributed by atoms with van der Waals surface area (Å²) in [5, 5.41) is 25.4. The molecule has 0 aliphatic heterocycles. The van der Waals surface area contributed by atoms with Crippen molar-refractivity contribution in [3.8, 4) is 0 Å². The van der Waals surface area contributed by atoms with Crippen molar-refractivity contribution in [2.45, 2.75) is 0 Å². The molecular formula is C8H8O6. The first-order valence-corrected chi connectivity index (χ1v) is 3.43. The van der Waals surface area contributed by atoms with Crippen LogP contribution in [-0.2, 0) is 14.4 Å². The van der Waals surface area contributed by atoms with Gasteiger partial charge < -0.3 is 15.3 Å². The number of hydrogen-bond acceptors (Lipinski definition) is 3. The van der Waals surface area contributed by atoms with E-state index in [9.17, 15) is 14.4 Å². The summed E-state index contributed by atoms with van der Waals surface area (Å²) in [4.78, 5) is 31.2. The van der Waals surface area contributed by atoms with Crippen molar-refractivity contribution in [2.24, 2.45) is 5.92 Å². The van der Waals surface area contributed by atoms with E-state index in [1.165, 1.54) is 0 Å². The van der Waals surface area contributed by atoms with Gasteiger partial charge in [0.2, 0.25) is 0 Å². The quantitative estimate of drug-likeness (QED) is 0.424. The summed E-state index contributed by atoms with van der Waals surface area (Å²) in [5.74, 6) is -6.10. The van der Waals surface area contributed by atoms with Crippen LogP contribution >= 0.6 is 0 Å². The van der Waals surface area contributed by atoms with Crippen LogP contribution in [0, 0.1) is 5.92 Å². The first-order chi connectivity index (χ1) is 6.40. The Bertz CT molecular complexity index is 314. The van der Waals surface area contributed by atoms with Gasteiger partial charge in [-0.3, -0.25) is 4.79 Å². The summed E-state index contributed by atoms with van der Waals surface area (Å²) in [6.45, 7) is 3.11. The van der Waals surface area contributed by atoms with Crippen molar-refractivity contribution < 1.29 is 29.7 Å². The van der Waals surface area contributed by atoms with E-state index in [-0.39, 0.29) is 0 Å². The lowest BCUT2D eigenvalue weighted by molar-refractivity contribution is -0.142. The molecule has 0 aromatic rings. The van der Waals surface area contributed by atoms with E-state index in [0.717, 1.165) is 6.08 Å². The third-order valence-corrected chi connectivity index (χ3v) is 1.36. The Morgan fingerprint density at radius 2 is 1.64 bits per heavy atom. The second kappa shape index (κ2) is 4.80. The van der Waals surface area contributed by atoms with Crippen LogP contribution in [0.4, 0.5) is 0 Å². The van der Waals surface area contributed by atoms with E-state index in [2.05, 4.69) is 6.58 Å². The number of carbonyl (C=O) groups is 3. The van der Waals surface area contributed by atoms with Crippen molar-refractivity contribution in [3.63, 3.8) is 0 Å². The maximum atomic E-state index is 10.5. The van der Waals surface area contributed by atoms with Gasteiger partial charge in [0.05, 0.1) is 5.57 Å². The molecule has 76 valence electrons. The highest BCUT2D eigenvalue weighted by Crippen LogP contribution is 2.12. The largest absolute Gasteiger partial charge is 0.481 e. The molecule has 6 heteroatoms. The lowest BCUT2D eigenvalue weighted by atomic mass is 9.99. The molecule has 14 heavy (non-hydrogen) atoms. The van der Waals surface area contributed by atoms with Gasteiger partial charge in [0.25, 0.3) is 0 Å². The minimum absolute atomic E-state index is 0.336. The van der Waals surface area contributed by atoms with E-state index in [0.29, 0.717) is 6.08 Å². The second-order valence-electron chi connectivity index (χ2n) is 2.29. The van der Waals surface area contributed by atoms with Crippen LogP contribution in [-0.4, -0.2) is 33.2 Å². The molecule has 0 fully saturated rings. The summed E-state index contributed by atoms with van der Waals surface area (Å²) in [6, 6.07) is 0. The van der Waals surface area contributed by atoms with Crippen molar-refractivity contribution >= 4 is 17.9 Å². The van der Waals surface area contributed by atoms with E-state index < -0.39 is 29.4 Å². The third-order valence-electron chi connectivity index (χ3n) is 1.36. The number of carboxylic acid groups (broad SMARTS) is 3. The molecule has 3 N–H and O–H groups in total. The molecule has 0 aliphatic carbocycles. The maximum absolute atomic E-state index is 10.5. The molecule has 6 nitrogen and oxygen atoms in total. The SMILES string of the molecule is C=CC(C(=O)O)/C(=C\C(=O)O)C(=O)O. The predicted octanol–water partition coefficient (Wildman–Crippen LogP) is -0.0312. The van der Waals surface area contributed by atoms with Crippen molar-refractivity contribution in [1.82, 2.24) is 0 Å². The second-order valence-corrected chi connectivity index (χ2v) is 2.29. The van der Waals surface area contributed by atoms with Gasteiger partial charge in [0.1, 0.15) is 5.92 Å². The van der Waals surface area contributed by atoms with E-state index in [1.807, 2.05) is 0 Å². The van der Waals surface area contributed by atoms with E-state index >= 15 is 0 Å². The van der Waals surface area contributed by atoms with Gasteiger partial charge in [0.15, 0.2) is 0 Å². The normalized spacial score (nSPS) is 13.0. The summed E-state index contributed by atoms with van der Waals surface area (Å²) < 4.78 is 0. The van der Waals surface area contributed by atoms with Crippen LogP contribution in [0.25, 0.3) is 0 Å². The Morgan fingerprint density at radius 3 is 1.86 bits per heavy atom. The fourth-order valence-electron chi connectivity index (χ4n) is 0.778. The molecule has 0 heterocycles. The van der Waals surface area contributed by atoms with Crippen molar-refractivity contribution in [1.29, 1.82) is 0 Å². The molecule has 1 unspecified atom stereocenters. The first kappa shape index (κ1) is 11.9. The molecule has 0 bridgehead atoms. The highest BCUT2D eigenvalue weighted by atomic mass is 16.4. The van der Waals surface area contributed by atoms with Crippen molar-refractivity contribution in [3.05, 3.63) is 24.3 Å². The van der Waals surface area contributed by atoms with Crippen LogP contribution in [0.15, 0.2) is 24.3 Å². The fourth-order valence-corrected chi connectivity index (χ4v) is 0.778. The highest BCUT2D eigenvalue weighted by molar-refractivity contribution is 6.00. The summed E-state index contributed by atoms with van der Waals surface area (Å²) in [7, 11) is 0. The lowest BCUT2D eigenvalue weighted by Gasteiger charge is -2.06. The van der Waals surface area contributed by atoms with Gasteiger partial charge in [0, 0.05) is 6.08 Å². The minimum Gasteiger partial charge on any atom is -0.481 e. The molecular weight excluding hydrogens is 192 g/mol. The maximum Gasteiger partial charge on any atom is 0.333 e. The Hall–Kier alpha value is -2.11. The van der Waals surface area contributed by atoms with Crippen LogP contribution < -0.4 is 0 Å². The number of carboxylic acids is 3. The average molecular weight is 200 g/mol. The van der Waals surface area contributed by atoms with Gasteiger partial charge in [-0.05, 0) is 0 Å². The van der Waals surface area contributed by atoms with Crippen LogP contribution in [0.5, 0.6) is 0 Å². The Morgan fingerprint density at radius 1 is 1.14 bits per heavy atom. The molecule has 0 saturated heterocycles. The minimum atomic E-state index is -1.60. The van der Waals surface area contributed by atoms with Gasteiger partial charge in [-0.2, -0.15) is 0 Å². The molecule has 0 amide bonds. The first-order valence-electron chi connectivity index (χ1n) is 3.43. The zero-order chi connectivity index (χ0) is 11.3. The average Bonchev–Trinajstić information content (AvgIpc) is 2.02. The van der Waals surface area contributed by atoms with Gasteiger partial charge in [-0.15, -0.1) is 6.58 Å². The molecule has 0 rings (SSSR count). The van der Waals surface area contributed by atoms with Crippen molar-refractivity contribution in [2.75, 3.05) is 0 Å². The smallest absolute Gasteiger partial charge is 0.333 e. The summed E-state index contributed by atoms with van der Waals surface area (Å²) >= 11 is 0. The highest BCUT2D eigenvalue weighted by Gasteiger charge is 2.25. The predicted molar refractivity (Wildman–Crippen MR) is 44.7 cm³/mol. The standard InChI is InChI=1S/C8H8O6/c1-2-4(7(11)12)5(8(13)14)3-6(9)10/h2-4H,1H2,(H,9,10)(H,11,12)(H,13,14)/b5-3+. The number of hydrogen-bond donors (Lipinski definition) is 3. The number of aliphatic carboxylic acids is 3. The molecule has 1 atom stereocenters.